The zero-order chi connectivity index (χ0) is 9.26. The molecular weight excluding hydrogens is 160 g/mol. The van der Waals surface area contributed by atoms with Crippen molar-refractivity contribution in [3.05, 3.63) is 54.7 Å². The average Bonchev–Trinajstić information content (AvgIpc) is 2.52. The maximum Gasteiger partial charge on any atom is 0.0680 e. The molecule has 0 bridgehead atoms. The summed E-state index contributed by atoms with van der Waals surface area (Å²) in [5, 5.41) is 4.22. The standard InChI is InChI=1S/C11H11N2/c1-9-5-3-4-6-11(9)13-10(2)7-8-12-13/h3-8H,1H2,2H3. The van der Waals surface area contributed by atoms with Crippen LogP contribution in [-0.2, 0) is 0 Å². The molecule has 0 spiro atoms. The van der Waals surface area contributed by atoms with Crippen molar-refractivity contribution in [2.75, 3.05) is 0 Å². The lowest BCUT2D eigenvalue weighted by molar-refractivity contribution is 0.844. The second-order valence-electron chi connectivity index (χ2n) is 3.01. The Labute approximate surface area is 77.8 Å². The normalized spacial score (nSPS) is 10.3. The maximum atomic E-state index is 4.22. The Morgan fingerprint density at radius 3 is 2.62 bits per heavy atom. The van der Waals surface area contributed by atoms with Gasteiger partial charge in [0, 0.05) is 11.9 Å². The molecule has 0 saturated carbocycles. The molecule has 2 heteroatoms. The molecule has 2 rings (SSSR count). The van der Waals surface area contributed by atoms with Crippen molar-refractivity contribution >= 4 is 0 Å². The number of para-hydroxylation sites is 1. The molecule has 1 aromatic carbocycles. The number of aromatic nitrogens is 2. The monoisotopic (exact) mass is 171 g/mol. The van der Waals surface area contributed by atoms with Gasteiger partial charge in [-0.05, 0) is 31.5 Å². The Morgan fingerprint density at radius 1 is 1.23 bits per heavy atom. The van der Waals surface area contributed by atoms with Gasteiger partial charge in [0.2, 0.25) is 0 Å². The van der Waals surface area contributed by atoms with Crippen LogP contribution >= 0.6 is 0 Å². The van der Waals surface area contributed by atoms with Crippen LogP contribution in [0.3, 0.4) is 0 Å². The molecule has 0 aliphatic carbocycles. The number of benzene rings is 1. The molecule has 65 valence electrons. The van der Waals surface area contributed by atoms with Crippen LogP contribution in [0.1, 0.15) is 11.3 Å². The molecule has 0 aliphatic heterocycles. The quantitative estimate of drug-likeness (QED) is 0.644. The summed E-state index contributed by atoms with van der Waals surface area (Å²) in [6.45, 7) is 5.98. The molecule has 1 radical (unpaired) electrons. The third-order valence-electron chi connectivity index (χ3n) is 2.05. The lowest BCUT2D eigenvalue weighted by Crippen LogP contribution is -2.00. The highest BCUT2D eigenvalue weighted by atomic mass is 15.3. The molecule has 0 aliphatic rings. The zero-order valence-corrected chi connectivity index (χ0v) is 7.57. The average molecular weight is 171 g/mol. The topological polar surface area (TPSA) is 17.8 Å². The minimum absolute atomic E-state index is 0.995. The molecule has 13 heavy (non-hydrogen) atoms. The lowest BCUT2D eigenvalue weighted by Gasteiger charge is -2.06. The summed E-state index contributed by atoms with van der Waals surface area (Å²) >= 11 is 0. The number of rotatable bonds is 1. The van der Waals surface area contributed by atoms with Gasteiger partial charge in [0.25, 0.3) is 0 Å². The molecule has 0 saturated heterocycles. The Kier molecular flexibility index (Phi) is 1.89. The summed E-state index contributed by atoms with van der Waals surface area (Å²) in [6, 6.07) is 9.95. The van der Waals surface area contributed by atoms with Crippen molar-refractivity contribution in [3.63, 3.8) is 0 Å². The molecule has 1 aromatic heterocycles. The summed E-state index contributed by atoms with van der Waals surface area (Å²) in [7, 11) is 0. The van der Waals surface area contributed by atoms with Gasteiger partial charge in [-0.1, -0.05) is 18.2 Å². The minimum Gasteiger partial charge on any atom is -0.238 e. The molecule has 0 N–H and O–H groups in total. The second kappa shape index (κ2) is 3.05. The van der Waals surface area contributed by atoms with Crippen LogP contribution in [0.2, 0.25) is 0 Å². The first kappa shape index (κ1) is 8.05. The predicted molar refractivity (Wildman–Crippen MR) is 52.8 cm³/mol. The smallest absolute Gasteiger partial charge is 0.0680 e. The van der Waals surface area contributed by atoms with E-state index in [1.807, 2.05) is 41.9 Å². The van der Waals surface area contributed by atoms with Gasteiger partial charge in [0.05, 0.1) is 5.69 Å². The third kappa shape index (κ3) is 1.35. The number of hydrogen-bond donors (Lipinski definition) is 0. The molecule has 2 aromatic rings. The van der Waals surface area contributed by atoms with E-state index >= 15 is 0 Å². The number of hydrogen-bond acceptors (Lipinski definition) is 1. The van der Waals surface area contributed by atoms with Crippen LogP contribution in [0.25, 0.3) is 5.69 Å². The van der Waals surface area contributed by atoms with Gasteiger partial charge >= 0.3 is 0 Å². The Morgan fingerprint density at radius 2 is 2.00 bits per heavy atom. The van der Waals surface area contributed by atoms with Gasteiger partial charge in [-0.3, -0.25) is 0 Å². The van der Waals surface area contributed by atoms with E-state index in [4.69, 9.17) is 0 Å². The van der Waals surface area contributed by atoms with Crippen LogP contribution < -0.4 is 0 Å². The third-order valence-corrected chi connectivity index (χ3v) is 2.05. The molecule has 0 fully saturated rings. The van der Waals surface area contributed by atoms with Gasteiger partial charge in [-0.25, -0.2) is 4.68 Å². The summed E-state index contributed by atoms with van der Waals surface area (Å²) in [5.41, 5.74) is 3.16. The second-order valence-corrected chi connectivity index (χ2v) is 3.01. The van der Waals surface area contributed by atoms with E-state index in [2.05, 4.69) is 12.0 Å². The van der Waals surface area contributed by atoms with Crippen LogP contribution in [0.5, 0.6) is 0 Å². The fourth-order valence-electron chi connectivity index (χ4n) is 1.34. The van der Waals surface area contributed by atoms with Crippen LogP contribution in [0, 0.1) is 13.8 Å². The highest BCUT2D eigenvalue weighted by Gasteiger charge is 2.01. The van der Waals surface area contributed by atoms with Crippen LogP contribution in [-0.4, -0.2) is 9.78 Å². The molecule has 0 unspecified atom stereocenters. The van der Waals surface area contributed by atoms with Crippen molar-refractivity contribution < 1.29 is 0 Å². The zero-order valence-electron chi connectivity index (χ0n) is 7.57. The van der Waals surface area contributed by atoms with Gasteiger partial charge in [-0.15, -0.1) is 0 Å². The molecule has 1 heterocycles. The highest BCUT2D eigenvalue weighted by Crippen LogP contribution is 2.13. The fourth-order valence-corrected chi connectivity index (χ4v) is 1.34. The predicted octanol–water partition coefficient (Wildman–Crippen LogP) is 2.36. The van der Waals surface area contributed by atoms with E-state index in [1.165, 1.54) is 0 Å². The van der Waals surface area contributed by atoms with Crippen molar-refractivity contribution in [2.24, 2.45) is 0 Å². The van der Waals surface area contributed by atoms with E-state index in [0.29, 0.717) is 0 Å². The summed E-state index contributed by atoms with van der Waals surface area (Å²) in [4.78, 5) is 0. The van der Waals surface area contributed by atoms with E-state index < -0.39 is 0 Å². The molecule has 0 atom stereocenters. The SMILES string of the molecule is [CH2]c1ccccc1-n1nccc1C. The van der Waals surface area contributed by atoms with Crippen molar-refractivity contribution in [2.45, 2.75) is 6.92 Å². The summed E-state index contributed by atoms with van der Waals surface area (Å²) in [6.07, 6.45) is 1.79. The van der Waals surface area contributed by atoms with Crippen LogP contribution in [0.15, 0.2) is 36.5 Å². The van der Waals surface area contributed by atoms with E-state index in [0.717, 1.165) is 16.9 Å². The van der Waals surface area contributed by atoms with Crippen molar-refractivity contribution in [3.8, 4) is 5.69 Å². The maximum absolute atomic E-state index is 4.22. The first-order valence-electron chi connectivity index (χ1n) is 4.21. The fraction of sp³-hybridized carbons (Fsp3) is 0.0909. The molecule has 2 nitrogen and oxygen atoms in total. The lowest BCUT2D eigenvalue weighted by atomic mass is 10.2. The summed E-state index contributed by atoms with van der Waals surface area (Å²) in [5.74, 6) is 0. The first-order valence-corrected chi connectivity index (χ1v) is 4.21. The largest absolute Gasteiger partial charge is 0.238 e. The first-order chi connectivity index (χ1) is 6.29. The van der Waals surface area contributed by atoms with Gasteiger partial charge in [0.15, 0.2) is 0 Å². The van der Waals surface area contributed by atoms with E-state index in [1.54, 1.807) is 6.20 Å². The number of nitrogens with zero attached hydrogens (tertiary/aromatic N) is 2. The minimum atomic E-state index is 0.995. The van der Waals surface area contributed by atoms with E-state index in [-0.39, 0.29) is 0 Å². The molecular formula is C11H11N2. The van der Waals surface area contributed by atoms with Crippen LogP contribution in [0.4, 0.5) is 0 Å². The van der Waals surface area contributed by atoms with Gasteiger partial charge in [-0.2, -0.15) is 5.10 Å². The Bertz CT molecular complexity index is 416. The Hall–Kier alpha value is -1.57. The van der Waals surface area contributed by atoms with Gasteiger partial charge in [0.1, 0.15) is 0 Å². The van der Waals surface area contributed by atoms with Crippen molar-refractivity contribution in [1.29, 1.82) is 0 Å². The Balaban J connectivity index is 2.59. The highest BCUT2D eigenvalue weighted by molar-refractivity contribution is 5.42. The number of aryl methyl sites for hydroxylation is 1. The molecule has 0 amide bonds. The summed E-state index contributed by atoms with van der Waals surface area (Å²) < 4.78 is 1.89. The van der Waals surface area contributed by atoms with Gasteiger partial charge < -0.3 is 0 Å². The van der Waals surface area contributed by atoms with Crippen molar-refractivity contribution in [1.82, 2.24) is 9.78 Å². The van der Waals surface area contributed by atoms with E-state index in [9.17, 15) is 0 Å².